The molecule has 14 heteroatoms. The maximum absolute atomic E-state index is 15.1. The van der Waals surface area contributed by atoms with Gasteiger partial charge in [0.2, 0.25) is 27.7 Å². The first-order chi connectivity index (χ1) is 21.1. The van der Waals surface area contributed by atoms with Gasteiger partial charge in [0.1, 0.15) is 11.9 Å². The minimum absolute atomic E-state index is 0.206. The van der Waals surface area contributed by atoms with Gasteiger partial charge in [-0.3, -0.25) is 4.72 Å². The van der Waals surface area contributed by atoms with Crippen molar-refractivity contribution in [3.63, 3.8) is 0 Å². The molecule has 4 aromatic rings. The molecule has 0 spiro atoms. The second-order valence-electron chi connectivity index (χ2n) is 10.8. The van der Waals surface area contributed by atoms with Crippen LogP contribution in [0.1, 0.15) is 36.3 Å². The van der Waals surface area contributed by atoms with Crippen molar-refractivity contribution in [2.45, 2.75) is 43.1 Å². The minimum atomic E-state index is -4.29. The van der Waals surface area contributed by atoms with Crippen LogP contribution in [0.2, 0.25) is 0 Å². The monoisotopic (exact) mass is 628 g/mol. The summed E-state index contributed by atoms with van der Waals surface area (Å²) in [5.74, 6) is -5.72. The molecule has 9 nitrogen and oxygen atoms in total. The van der Waals surface area contributed by atoms with Crippen LogP contribution in [0.15, 0.2) is 60.9 Å². The fourth-order valence-corrected chi connectivity index (χ4v) is 6.19. The Hall–Kier alpha value is -4.30. The molecule has 230 valence electrons. The number of hydrogen-bond acceptors (Lipinski definition) is 8. The molecule has 1 saturated carbocycles. The Morgan fingerprint density at radius 3 is 2.52 bits per heavy atom. The lowest BCUT2D eigenvalue weighted by Crippen LogP contribution is -2.44. The first kappa shape index (κ1) is 29.8. The zero-order valence-electron chi connectivity index (χ0n) is 23.2. The predicted molar refractivity (Wildman–Crippen MR) is 156 cm³/mol. The minimum Gasteiger partial charge on any atom is -0.435 e. The molecule has 3 heterocycles. The van der Waals surface area contributed by atoms with Gasteiger partial charge in [-0.15, -0.1) is 0 Å². The first-order valence-electron chi connectivity index (χ1n) is 14.0. The number of aromatic nitrogens is 3. The maximum atomic E-state index is 15.1. The average molecular weight is 629 g/mol. The van der Waals surface area contributed by atoms with Crippen LogP contribution in [0.4, 0.5) is 29.2 Å². The van der Waals surface area contributed by atoms with Crippen molar-refractivity contribution in [1.82, 2.24) is 20.3 Å². The molecule has 0 bridgehead atoms. The van der Waals surface area contributed by atoms with Crippen LogP contribution in [0.25, 0.3) is 11.3 Å². The Labute approximate surface area is 251 Å². The molecule has 2 aromatic carbocycles. The normalized spacial score (nSPS) is 18.5. The van der Waals surface area contributed by atoms with Crippen molar-refractivity contribution in [3.8, 4) is 22.9 Å². The predicted octanol–water partition coefficient (Wildman–Crippen LogP) is 5.68. The van der Waals surface area contributed by atoms with Crippen LogP contribution >= 0.6 is 0 Å². The molecule has 2 aliphatic rings. The number of nitrogens with one attached hydrogen (secondary N) is 3. The number of nitrogens with zero attached hydrogens (tertiary/aromatic N) is 3. The third kappa shape index (κ3) is 6.91. The Morgan fingerprint density at radius 2 is 1.77 bits per heavy atom. The van der Waals surface area contributed by atoms with Gasteiger partial charge in [-0.1, -0.05) is 24.3 Å². The summed E-state index contributed by atoms with van der Waals surface area (Å²) >= 11 is 0. The Morgan fingerprint density at radius 1 is 0.977 bits per heavy atom. The molecule has 0 radical (unpaired) electrons. The van der Waals surface area contributed by atoms with E-state index < -0.39 is 50.8 Å². The van der Waals surface area contributed by atoms with Crippen LogP contribution in [-0.4, -0.2) is 48.7 Å². The highest BCUT2D eigenvalue weighted by molar-refractivity contribution is 7.91. The van der Waals surface area contributed by atoms with E-state index in [1.54, 1.807) is 24.3 Å². The number of pyridine rings is 1. The highest BCUT2D eigenvalue weighted by Crippen LogP contribution is 2.40. The highest BCUT2D eigenvalue weighted by atomic mass is 32.2. The first-order valence-corrected chi connectivity index (χ1v) is 15.6. The molecular weight excluding hydrogens is 600 g/mol. The lowest BCUT2D eigenvalue weighted by Gasteiger charge is -2.26. The van der Waals surface area contributed by atoms with Gasteiger partial charge in [0.15, 0.2) is 17.4 Å². The van der Waals surface area contributed by atoms with Crippen LogP contribution in [0.3, 0.4) is 0 Å². The Balaban J connectivity index is 1.20. The number of rotatable bonds is 10. The fraction of sp³-hybridized carbons (Fsp3) is 0.300. The third-order valence-corrected chi connectivity index (χ3v) is 8.54. The highest BCUT2D eigenvalue weighted by Gasteiger charge is 2.27. The zero-order chi connectivity index (χ0) is 30.8. The average Bonchev–Trinajstić information content (AvgIpc) is 3.85. The van der Waals surface area contributed by atoms with Gasteiger partial charge in [-0.25, -0.2) is 36.5 Å². The molecule has 0 unspecified atom stereocenters. The molecule has 2 atom stereocenters. The lowest BCUT2D eigenvalue weighted by atomic mass is 10.1. The fourth-order valence-electron chi connectivity index (χ4n) is 4.99. The topological polar surface area (TPSA) is 118 Å². The summed E-state index contributed by atoms with van der Waals surface area (Å²) in [6, 6.07) is 11.9. The van der Waals surface area contributed by atoms with E-state index in [1.165, 1.54) is 18.5 Å². The van der Waals surface area contributed by atoms with Gasteiger partial charge in [0, 0.05) is 44.0 Å². The summed E-state index contributed by atoms with van der Waals surface area (Å²) in [5, 5.41) is 6.04. The number of alkyl halides is 1. The van der Waals surface area contributed by atoms with E-state index in [9.17, 15) is 12.8 Å². The molecule has 2 aromatic heterocycles. The number of ether oxygens (including phenoxy) is 1. The summed E-state index contributed by atoms with van der Waals surface area (Å²) in [6.45, 7) is 0.792. The van der Waals surface area contributed by atoms with E-state index in [4.69, 9.17) is 4.74 Å². The smallest absolute Gasteiger partial charge is 0.237 e. The SMILES string of the molecule is O=S(=O)(Cc1ccc(C2CC2)cc1)Nc1c(F)cc(Oc2ncccc2-c2ccnc(N[C@@H]3CNC[C@@H](F)C3)n2)c(F)c1F. The summed E-state index contributed by atoms with van der Waals surface area (Å²) in [6.07, 6.45) is 4.23. The molecule has 1 saturated heterocycles. The summed E-state index contributed by atoms with van der Waals surface area (Å²) in [7, 11) is -4.29. The Kier molecular flexibility index (Phi) is 8.36. The number of piperidine rings is 1. The quantitative estimate of drug-likeness (QED) is 0.152. The molecular formula is C30H28F4N6O3S. The van der Waals surface area contributed by atoms with Gasteiger partial charge in [-0.05, 0) is 48.1 Å². The summed E-state index contributed by atoms with van der Waals surface area (Å²) in [5.41, 5.74) is 0.902. The van der Waals surface area contributed by atoms with Gasteiger partial charge in [0.05, 0.1) is 17.0 Å². The maximum Gasteiger partial charge on any atom is 0.237 e. The van der Waals surface area contributed by atoms with E-state index >= 15 is 13.2 Å². The molecule has 2 fully saturated rings. The largest absolute Gasteiger partial charge is 0.435 e. The second kappa shape index (κ2) is 12.4. The van der Waals surface area contributed by atoms with Gasteiger partial charge in [0.25, 0.3) is 0 Å². The lowest BCUT2D eigenvalue weighted by molar-refractivity contribution is 0.254. The number of halogens is 4. The van der Waals surface area contributed by atoms with E-state index in [0.717, 1.165) is 18.4 Å². The number of benzene rings is 2. The molecule has 1 aliphatic heterocycles. The molecule has 3 N–H and O–H groups in total. The molecule has 44 heavy (non-hydrogen) atoms. The third-order valence-electron chi connectivity index (χ3n) is 7.31. The van der Waals surface area contributed by atoms with Crippen LogP contribution in [-0.2, 0) is 15.8 Å². The van der Waals surface area contributed by atoms with Crippen LogP contribution in [0.5, 0.6) is 11.6 Å². The number of anilines is 2. The van der Waals surface area contributed by atoms with E-state index in [1.807, 2.05) is 16.9 Å². The standard InChI is InChI=1S/C30H28F4N6O3S/c31-20-12-21(15-35-14-20)38-30-37-11-9-24(39-30)22-2-1-10-36-29(22)43-25-13-23(32)28(27(34)26(25)33)40-44(41,42)16-17-3-5-18(6-4-17)19-7-8-19/h1-6,9-11,13,19-21,35,40H,7-8,12,14-16H2,(H,37,38,39)/t20-,21-/m0/s1. The molecule has 1 aliphatic carbocycles. The van der Waals surface area contributed by atoms with Crippen LogP contribution in [0, 0.1) is 17.5 Å². The van der Waals surface area contributed by atoms with E-state index in [-0.39, 0.29) is 36.4 Å². The van der Waals surface area contributed by atoms with E-state index in [2.05, 4.69) is 25.6 Å². The molecule has 0 amide bonds. The van der Waals surface area contributed by atoms with Crippen molar-refractivity contribution < 1.29 is 30.7 Å². The summed E-state index contributed by atoms with van der Waals surface area (Å²) < 4.78 is 91.8. The Bertz CT molecular complexity index is 1770. The van der Waals surface area contributed by atoms with Gasteiger partial charge < -0.3 is 15.4 Å². The van der Waals surface area contributed by atoms with Crippen LogP contribution < -0.4 is 20.1 Å². The number of sulfonamides is 1. The zero-order valence-corrected chi connectivity index (χ0v) is 24.1. The van der Waals surface area contributed by atoms with E-state index in [0.29, 0.717) is 29.8 Å². The van der Waals surface area contributed by atoms with Crippen molar-refractivity contribution >= 4 is 21.7 Å². The molecule has 6 rings (SSSR count). The second-order valence-corrected chi connectivity index (χ2v) is 12.5. The van der Waals surface area contributed by atoms with Crippen molar-refractivity contribution in [3.05, 3.63) is 89.5 Å². The van der Waals surface area contributed by atoms with Gasteiger partial charge >= 0.3 is 0 Å². The van der Waals surface area contributed by atoms with Gasteiger partial charge in [-0.2, -0.15) is 4.39 Å². The summed E-state index contributed by atoms with van der Waals surface area (Å²) in [4.78, 5) is 12.7. The van der Waals surface area contributed by atoms with Crippen molar-refractivity contribution in [2.75, 3.05) is 23.1 Å². The van der Waals surface area contributed by atoms with Crippen molar-refractivity contribution in [2.24, 2.45) is 0 Å². The van der Waals surface area contributed by atoms with Crippen molar-refractivity contribution in [1.29, 1.82) is 0 Å². The number of hydrogen-bond donors (Lipinski definition) is 3.